The molecule has 2 rings (SSSR count). The maximum absolute atomic E-state index is 11.2. The summed E-state index contributed by atoms with van der Waals surface area (Å²) in [6.45, 7) is 5.33. The highest BCUT2D eigenvalue weighted by Crippen LogP contribution is 2.34. The van der Waals surface area contributed by atoms with E-state index in [1.807, 2.05) is 6.92 Å². The van der Waals surface area contributed by atoms with Crippen LogP contribution < -0.4 is 0 Å². The first-order valence-electron chi connectivity index (χ1n) is 5.87. The van der Waals surface area contributed by atoms with Crippen LogP contribution in [0.1, 0.15) is 44.9 Å². The number of aromatic nitrogens is 2. The number of carbonyl (C=O) groups is 2. The first-order valence-corrected chi connectivity index (χ1v) is 5.87. The fourth-order valence-electron chi connectivity index (χ4n) is 2.31. The van der Waals surface area contributed by atoms with Crippen molar-refractivity contribution in [1.29, 1.82) is 0 Å². The normalized spacial score (nSPS) is 10.7. The second-order valence-electron chi connectivity index (χ2n) is 4.24. The van der Waals surface area contributed by atoms with Crippen LogP contribution in [-0.2, 0) is 6.42 Å². The van der Waals surface area contributed by atoms with E-state index < -0.39 is 5.97 Å². The van der Waals surface area contributed by atoms with Gasteiger partial charge in [-0.25, -0.2) is 4.79 Å². The number of nitrogens with zero attached hydrogens (tertiary/aromatic N) is 1. The molecule has 0 unspecified atom stereocenters. The molecule has 0 aliphatic carbocycles. The minimum absolute atomic E-state index is 0.0413. The SMILES string of the molecule is CCc1c(C(=O)O)[nH]c(C=O)c1-c1c(C)noc1C. The second kappa shape index (κ2) is 4.72. The van der Waals surface area contributed by atoms with Gasteiger partial charge in [-0.2, -0.15) is 0 Å². The number of hydrogen-bond acceptors (Lipinski definition) is 4. The molecule has 2 N–H and O–H groups in total. The molecular formula is C13H14N2O4. The molecule has 6 heteroatoms. The summed E-state index contributed by atoms with van der Waals surface area (Å²) in [4.78, 5) is 25.0. The predicted octanol–water partition coefficient (Wildman–Crippen LogP) is 2.36. The average molecular weight is 262 g/mol. The van der Waals surface area contributed by atoms with E-state index >= 15 is 0 Å². The van der Waals surface area contributed by atoms with Gasteiger partial charge in [-0.05, 0) is 25.8 Å². The molecule has 100 valence electrons. The summed E-state index contributed by atoms with van der Waals surface area (Å²) < 4.78 is 5.09. The predicted molar refractivity (Wildman–Crippen MR) is 67.5 cm³/mol. The average Bonchev–Trinajstić information content (AvgIpc) is 2.89. The van der Waals surface area contributed by atoms with E-state index in [2.05, 4.69) is 10.1 Å². The number of carboxylic acids is 1. The Morgan fingerprint density at radius 1 is 1.42 bits per heavy atom. The number of aromatic carboxylic acids is 1. The molecule has 0 spiro atoms. The second-order valence-corrected chi connectivity index (χ2v) is 4.24. The molecule has 2 heterocycles. The first-order chi connectivity index (χ1) is 9.01. The highest BCUT2D eigenvalue weighted by molar-refractivity contribution is 5.97. The highest BCUT2D eigenvalue weighted by atomic mass is 16.5. The minimum atomic E-state index is -1.09. The van der Waals surface area contributed by atoms with Crippen molar-refractivity contribution in [3.63, 3.8) is 0 Å². The van der Waals surface area contributed by atoms with E-state index in [4.69, 9.17) is 4.52 Å². The van der Waals surface area contributed by atoms with Crippen LogP contribution in [0.25, 0.3) is 11.1 Å². The van der Waals surface area contributed by atoms with Gasteiger partial charge in [-0.15, -0.1) is 0 Å². The van der Waals surface area contributed by atoms with Gasteiger partial charge >= 0.3 is 5.97 Å². The van der Waals surface area contributed by atoms with Crippen molar-refractivity contribution in [3.05, 3.63) is 28.4 Å². The lowest BCUT2D eigenvalue weighted by molar-refractivity contribution is 0.0690. The molecule has 6 nitrogen and oxygen atoms in total. The maximum atomic E-state index is 11.2. The number of aromatic amines is 1. The molecule has 0 bridgehead atoms. The van der Waals surface area contributed by atoms with E-state index in [0.717, 1.165) is 0 Å². The number of aldehydes is 1. The van der Waals surface area contributed by atoms with Gasteiger partial charge in [0.1, 0.15) is 11.5 Å². The summed E-state index contributed by atoms with van der Waals surface area (Å²) in [7, 11) is 0. The Morgan fingerprint density at radius 2 is 2.11 bits per heavy atom. The van der Waals surface area contributed by atoms with Crippen LogP contribution in [-0.4, -0.2) is 27.5 Å². The smallest absolute Gasteiger partial charge is 0.352 e. The van der Waals surface area contributed by atoms with Gasteiger partial charge in [0, 0.05) is 11.1 Å². The maximum Gasteiger partial charge on any atom is 0.352 e. The number of nitrogens with one attached hydrogen (secondary N) is 1. The van der Waals surface area contributed by atoms with Gasteiger partial charge in [0.15, 0.2) is 6.29 Å². The topological polar surface area (TPSA) is 96.2 Å². The molecule has 0 fully saturated rings. The summed E-state index contributed by atoms with van der Waals surface area (Å²) in [5, 5.41) is 13.0. The molecular weight excluding hydrogens is 248 g/mol. The number of carboxylic acid groups (broad SMARTS) is 1. The summed E-state index contributed by atoms with van der Waals surface area (Å²) in [6, 6.07) is 0. The quantitative estimate of drug-likeness (QED) is 0.824. The Kier molecular flexibility index (Phi) is 3.25. The third-order valence-corrected chi connectivity index (χ3v) is 3.10. The third-order valence-electron chi connectivity index (χ3n) is 3.10. The molecule has 2 aromatic heterocycles. The standard InChI is InChI=1S/C13H14N2O4/c1-4-8-11(10-6(2)15-19-7(10)3)9(5-16)14-12(8)13(17)18/h5,14H,4H2,1-3H3,(H,17,18). The van der Waals surface area contributed by atoms with Crippen molar-refractivity contribution in [2.75, 3.05) is 0 Å². The molecule has 0 saturated carbocycles. The van der Waals surface area contributed by atoms with Gasteiger partial charge in [0.05, 0.1) is 11.4 Å². The minimum Gasteiger partial charge on any atom is -0.477 e. The summed E-state index contributed by atoms with van der Waals surface area (Å²) >= 11 is 0. The number of carbonyl (C=O) groups excluding carboxylic acids is 1. The Hall–Kier alpha value is -2.37. The molecule has 0 aliphatic heterocycles. The number of aryl methyl sites for hydroxylation is 2. The van der Waals surface area contributed by atoms with E-state index in [9.17, 15) is 14.7 Å². The van der Waals surface area contributed by atoms with Crippen molar-refractivity contribution >= 4 is 12.3 Å². The Bertz CT molecular complexity index is 632. The molecule has 0 aromatic carbocycles. The Morgan fingerprint density at radius 3 is 2.53 bits per heavy atom. The number of hydrogen-bond donors (Lipinski definition) is 2. The van der Waals surface area contributed by atoms with E-state index in [-0.39, 0.29) is 11.4 Å². The van der Waals surface area contributed by atoms with Crippen LogP contribution in [0, 0.1) is 13.8 Å². The van der Waals surface area contributed by atoms with Crippen LogP contribution in [0.5, 0.6) is 0 Å². The monoisotopic (exact) mass is 262 g/mol. The van der Waals surface area contributed by atoms with Crippen LogP contribution in [0.3, 0.4) is 0 Å². The molecule has 0 amide bonds. The molecule has 0 aliphatic rings. The molecule has 0 atom stereocenters. The van der Waals surface area contributed by atoms with Gasteiger partial charge in [-0.3, -0.25) is 4.79 Å². The largest absolute Gasteiger partial charge is 0.477 e. The van der Waals surface area contributed by atoms with Crippen LogP contribution in [0.2, 0.25) is 0 Å². The Balaban J connectivity index is 2.82. The lowest BCUT2D eigenvalue weighted by Crippen LogP contribution is -2.01. The van der Waals surface area contributed by atoms with E-state index in [1.165, 1.54) is 0 Å². The van der Waals surface area contributed by atoms with Crippen LogP contribution in [0.4, 0.5) is 0 Å². The summed E-state index contributed by atoms with van der Waals surface area (Å²) in [5.41, 5.74) is 2.76. The first kappa shape index (κ1) is 13.1. The van der Waals surface area contributed by atoms with Gasteiger partial charge < -0.3 is 14.6 Å². The fourth-order valence-corrected chi connectivity index (χ4v) is 2.31. The number of H-pyrrole nitrogens is 1. The zero-order chi connectivity index (χ0) is 14.2. The Labute approximate surface area is 109 Å². The summed E-state index contributed by atoms with van der Waals surface area (Å²) in [5.74, 6) is -0.524. The number of rotatable bonds is 4. The lowest BCUT2D eigenvalue weighted by atomic mass is 9.97. The molecule has 0 saturated heterocycles. The zero-order valence-corrected chi connectivity index (χ0v) is 10.9. The van der Waals surface area contributed by atoms with E-state index in [1.54, 1.807) is 13.8 Å². The van der Waals surface area contributed by atoms with Gasteiger partial charge in [0.2, 0.25) is 0 Å². The summed E-state index contributed by atoms with van der Waals surface area (Å²) in [6.07, 6.45) is 1.11. The van der Waals surface area contributed by atoms with Crippen molar-refractivity contribution in [1.82, 2.24) is 10.1 Å². The van der Waals surface area contributed by atoms with Gasteiger partial charge in [0.25, 0.3) is 0 Å². The molecule has 2 aromatic rings. The van der Waals surface area contributed by atoms with E-state index in [0.29, 0.717) is 40.9 Å². The van der Waals surface area contributed by atoms with Crippen molar-refractivity contribution in [2.45, 2.75) is 27.2 Å². The zero-order valence-electron chi connectivity index (χ0n) is 10.9. The van der Waals surface area contributed by atoms with Crippen molar-refractivity contribution in [2.24, 2.45) is 0 Å². The van der Waals surface area contributed by atoms with Crippen LogP contribution in [0.15, 0.2) is 4.52 Å². The van der Waals surface area contributed by atoms with Crippen LogP contribution >= 0.6 is 0 Å². The van der Waals surface area contributed by atoms with Gasteiger partial charge in [-0.1, -0.05) is 12.1 Å². The molecule has 19 heavy (non-hydrogen) atoms. The van der Waals surface area contributed by atoms with Crippen molar-refractivity contribution < 1.29 is 19.2 Å². The molecule has 0 radical (unpaired) electrons. The fraction of sp³-hybridized carbons (Fsp3) is 0.308. The van der Waals surface area contributed by atoms with Crippen molar-refractivity contribution in [3.8, 4) is 11.1 Å². The third kappa shape index (κ3) is 1.95. The lowest BCUT2D eigenvalue weighted by Gasteiger charge is -2.03. The highest BCUT2D eigenvalue weighted by Gasteiger charge is 2.25.